The number of nitrogens with one attached hydrogen (secondary N) is 1. The molecule has 0 bridgehead atoms. The third kappa shape index (κ3) is 6.87. The van der Waals surface area contributed by atoms with Crippen LogP contribution in [0.15, 0.2) is 79.3 Å². The molecule has 2 amide bonds. The van der Waals surface area contributed by atoms with Crippen molar-refractivity contribution in [2.24, 2.45) is 0 Å². The van der Waals surface area contributed by atoms with E-state index in [2.05, 4.69) is 25.2 Å². The van der Waals surface area contributed by atoms with Gasteiger partial charge in [0, 0.05) is 37.8 Å². The smallest absolute Gasteiger partial charge is 0.410 e. The van der Waals surface area contributed by atoms with Crippen LogP contribution in [0, 0.1) is 0 Å². The Morgan fingerprint density at radius 1 is 1.00 bits per heavy atom. The van der Waals surface area contributed by atoms with Crippen molar-refractivity contribution in [1.82, 2.24) is 19.9 Å². The Kier molecular flexibility index (Phi) is 8.78. The standard InChI is InChI=1S/C32H33N7O5/c33-30-29(31(40)37-27-18-34-12-10-28(27)38-14-16-42-17-15-38)36-26(19-35-30)23-6-8-24(9-7-23)44-25-11-13-39(20-25)32(41)43-21-22-4-2-1-3-5-22/h1-10,12,18-19,25H,11,13-17,20-21H2,(H2,33,35)(H,37,40)/t25-/m1/s1. The molecular formula is C32H33N7O5. The summed E-state index contributed by atoms with van der Waals surface area (Å²) in [5.41, 5.74) is 9.67. The second kappa shape index (κ2) is 13.4. The monoisotopic (exact) mass is 595 g/mol. The Labute approximate surface area is 254 Å². The third-order valence-corrected chi connectivity index (χ3v) is 7.48. The number of aromatic nitrogens is 3. The van der Waals surface area contributed by atoms with Crippen LogP contribution in [0.1, 0.15) is 22.5 Å². The summed E-state index contributed by atoms with van der Waals surface area (Å²) in [6.45, 7) is 3.90. The predicted molar refractivity (Wildman–Crippen MR) is 164 cm³/mol. The van der Waals surface area contributed by atoms with Gasteiger partial charge in [0.15, 0.2) is 11.5 Å². The molecule has 6 rings (SSSR count). The highest BCUT2D eigenvalue weighted by atomic mass is 16.6. The van der Waals surface area contributed by atoms with E-state index in [1.165, 1.54) is 6.20 Å². The minimum absolute atomic E-state index is 0.0183. The first-order chi connectivity index (χ1) is 21.5. The van der Waals surface area contributed by atoms with Gasteiger partial charge < -0.3 is 35.1 Å². The molecule has 1 atom stereocenters. The van der Waals surface area contributed by atoms with Crippen LogP contribution < -0.4 is 20.7 Å². The topological polar surface area (TPSA) is 145 Å². The zero-order valence-electron chi connectivity index (χ0n) is 24.1. The first-order valence-electron chi connectivity index (χ1n) is 14.5. The lowest BCUT2D eigenvalue weighted by Crippen LogP contribution is -2.36. The second-order valence-corrected chi connectivity index (χ2v) is 10.5. The van der Waals surface area contributed by atoms with Crippen LogP contribution in [0.2, 0.25) is 0 Å². The molecule has 0 aliphatic carbocycles. The van der Waals surface area contributed by atoms with E-state index in [1.54, 1.807) is 17.3 Å². The summed E-state index contributed by atoms with van der Waals surface area (Å²) in [4.78, 5) is 42.5. The van der Waals surface area contributed by atoms with E-state index in [1.807, 2.05) is 60.7 Å². The van der Waals surface area contributed by atoms with Crippen LogP contribution in [0.4, 0.5) is 22.0 Å². The quantitative estimate of drug-likeness (QED) is 0.307. The fourth-order valence-electron chi connectivity index (χ4n) is 5.15. The highest BCUT2D eigenvalue weighted by molar-refractivity contribution is 6.07. The van der Waals surface area contributed by atoms with Crippen molar-refractivity contribution < 1.29 is 23.8 Å². The molecule has 0 unspecified atom stereocenters. The molecule has 2 aromatic heterocycles. The maximum absolute atomic E-state index is 13.3. The highest BCUT2D eigenvalue weighted by Crippen LogP contribution is 2.28. The van der Waals surface area contributed by atoms with Crippen molar-refractivity contribution in [2.75, 3.05) is 55.3 Å². The van der Waals surface area contributed by atoms with E-state index in [0.29, 0.717) is 62.9 Å². The number of carbonyl (C=O) groups excluding carboxylic acids is 2. The zero-order chi connectivity index (χ0) is 30.3. The van der Waals surface area contributed by atoms with Crippen molar-refractivity contribution >= 4 is 29.2 Å². The predicted octanol–water partition coefficient (Wildman–Crippen LogP) is 4.00. The van der Waals surface area contributed by atoms with Gasteiger partial charge in [-0.15, -0.1) is 0 Å². The molecule has 2 saturated heterocycles. The van der Waals surface area contributed by atoms with Gasteiger partial charge in [-0.1, -0.05) is 30.3 Å². The number of hydrogen-bond acceptors (Lipinski definition) is 10. The van der Waals surface area contributed by atoms with Gasteiger partial charge in [-0.05, 0) is 35.9 Å². The number of morpholine rings is 1. The Bertz CT molecular complexity index is 1600. The van der Waals surface area contributed by atoms with Gasteiger partial charge in [-0.2, -0.15) is 0 Å². The SMILES string of the molecule is Nc1ncc(-c2ccc(O[C@@H]3CCN(C(=O)OCc4ccccc4)C3)cc2)nc1C(=O)Nc1cnccc1N1CCOCC1. The van der Waals surface area contributed by atoms with Gasteiger partial charge in [0.05, 0.1) is 49.2 Å². The molecule has 2 aliphatic heterocycles. The number of anilines is 3. The van der Waals surface area contributed by atoms with Crippen LogP contribution in [0.3, 0.4) is 0 Å². The highest BCUT2D eigenvalue weighted by Gasteiger charge is 2.29. The summed E-state index contributed by atoms with van der Waals surface area (Å²) in [7, 11) is 0. The average molecular weight is 596 g/mol. The molecule has 0 radical (unpaired) electrons. The lowest BCUT2D eigenvalue weighted by atomic mass is 10.1. The van der Waals surface area contributed by atoms with Crippen molar-refractivity contribution in [2.45, 2.75) is 19.1 Å². The van der Waals surface area contributed by atoms with Gasteiger partial charge in [0.2, 0.25) is 0 Å². The summed E-state index contributed by atoms with van der Waals surface area (Å²) in [6.07, 6.45) is 5.03. The van der Waals surface area contributed by atoms with Crippen LogP contribution >= 0.6 is 0 Å². The molecule has 2 fully saturated rings. The maximum Gasteiger partial charge on any atom is 0.410 e. The molecule has 2 aliphatic rings. The van der Waals surface area contributed by atoms with Crippen LogP contribution in [-0.4, -0.2) is 77.3 Å². The van der Waals surface area contributed by atoms with Crippen LogP contribution in [0.25, 0.3) is 11.3 Å². The molecule has 44 heavy (non-hydrogen) atoms. The summed E-state index contributed by atoms with van der Waals surface area (Å²) in [5.74, 6) is 0.204. The molecule has 0 saturated carbocycles. The molecule has 4 heterocycles. The molecule has 2 aromatic carbocycles. The summed E-state index contributed by atoms with van der Waals surface area (Å²) >= 11 is 0. The number of benzene rings is 2. The Hall–Kier alpha value is -5.23. The van der Waals surface area contributed by atoms with Crippen molar-refractivity contribution in [1.29, 1.82) is 0 Å². The fraction of sp³-hybridized carbons (Fsp3) is 0.281. The minimum Gasteiger partial charge on any atom is -0.489 e. The number of nitrogens with two attached hydrogens (primary N) is 1. The second-order valence-electron chi connectivity index (χ2n) is 10.5. The van der Waals surface area contributed by atoms with Crippen molar-refractivity contribution in [3.8, 4) is 17.0 Å². The van der Waals surface area contributed by atoms with E-state index in [0.717, 1.165) is 16.8 Å². The van der Waals surface area contributed by atoms with Crippen LogP contribution in [0.5, 0.6) is 5.75 Å². The van der Waals surface area contributed by atoms with Gasteiger partial charge in [0.1, 0.15) is 18.5 Å². The number of hydrogen-bond donors (Lipinski definition) is 2. The number of pyridine rings is 1. The number of nitrogens with zero attached hydrogens (tertiary/aromatic N) is 5. The first-order valence-corrected chi connectivity index (χ1v) is 14.5. The van der Waals surface area contributed by atoms with Crippen molar-refractivity contribution in [3.63, 3.8) is 0 Å². The van der Waals surface area contributed by atoms with E-state index in [9.17, 15) is 9.59 Å². The van der Waals surface area contributed by atoms with E-state index in [-0.39, 0.29) is 30.3 Å². The number of amides is 2. The third-order valence-electron chi connectivity index (χ3n) is 7.48. The van der Waals surface area contributed by atoms with E-state index < -0.39 is 5.91 Å². The molecule has 3 N–H and O–H groups in total. The molecule has 12 nitrogen and oxygen atoms in total. The number of rotatable bonds is 8. The first kappa shape index (κ1) is 28.9. The number of likely N-dealkylation sites (tertiary alicyclic amines) is 1. The summed E-state index contributed by atoms with van der Waals surface area (Å²) in [6, 6.07) is 18.8. The molecule has 4 aromatic rings. The Morgan fingerprint density at radius 2 is 1.80 bits per heavy atom. The molecular weight excluding hydrogens is 562 g/mol. The van der Waals surface area contributed by atoms with Gasteiger partial charge in [-0.3, -0.25) is 9.78 Å². The zero-order valence-corrected chi connectivity index (χ0v) is 24.1. The largest absolute Gasteiger partial charge is 0.489 e. The van der Waals surface area contributed by atoms with E-state index >= 15 is 0 Å². The number of nitrogen functional groups attached to an aromatic ring is 1. The average Bonchev–Trinajstić information content (AvgIpc) is 3.54. The Balaban J connectivity index is 1.07. The number of ether oxygens (including phenoxy) is 3. The fourth-order valence-corrected chi connectivity index (χ4v) is 5.15. The van der Waals surface area contributed by atoms with E-state index in [4.69, 9.17) is 19.9 Å². The van der Waals surface area contributed by atoms with Crippen LogP contribution in [-0.2, 0) is 16.1 Å². The normalized spacial score (nSPS) is 16.4. The van der Waals surface area contributed by atoms with Gasteiger partial charge in [0.25, 0.3) is 5.91 Å². The van der Waals surface area contributed by atoms with Gasteiger partial charge in [-0.25, -0.2) is 14.8 Å². The molecule has 226 valence electrons. The molecule has 0 spiro atoms. The molecule has 12 heteroatoms. The maximum atomic E-state index is 13.3. The number of carbonyl (C=O) groups is 2. The van der Waals surface area contributed by atoms with Gasteiger partial charge >= 0.3 is 6.09 Å². The summed E-state index contributed by atoms with van der Waals surface area (Å²) in [5, 5.41) is 2.90. The lowest BCUT2D eigenvalue weighted by Gasteiger charge is -2.30. The summed E-state index contributed by atoms with van der Waals surface area (Å²) < 4.78 is 17.0. The lowest BCUT2D eigenvalue weighted by molar-refractivity contribution is 0.0990. The van der Waals surface area contributed by atoms with Crippen molar-refractivity contribution in [3.05, 3.63) is 90.5 Å². The Morgan fingerprint density at radius 3 is 2.59 bits per heavy atom. The minimum atomic E-state index is -0.479.